The van der Waals surface area contributed by atoms with Crippen molar-refractivity contribution in [2.45, 2.75) is 45.1 Å². The van der Waals surface area contributed by atoms with E-state index < -0.39 is 10.0 Å². The number of hydrogen-bond donors (Lipinski definition) is 1. The Morgan fingerprint density at radius 2 is 1.95 bits per heavy atom. The maximum atomic E-state index is 12.7. The number of halogens is 1. The second kappa shape index (κ2) is 8.73. The quantitative estimate of drug-likeness (QED) is 0.755. The first-order chi connectivity index (χ1) is 9.97. The van der Waals surface area contributed by atoms with Crippen molar-refractivity contribution in [3.63, 3.8) is 0 Å². The van der Waals surface area contributed by atoms with Gasteiger partial charge in [0, 0.05) is 24.7 Å². The van der Waals surface area contributed by atoms with Gasteiger partial charge in [-0.25, -0.2) is 8.42 Å². The fourth-order valence-electron chi connectivity index (χ4n) is 2.04. The number of unbranched alkanes of at least 4 members (excludes halogenated alkanes) is 1. The fraction of sp³-hybridized carbons (Fsp3) is 0.600. The van der Waals surface area contributed by atoms with Crippen LogP contribution < -0.4 is 5.32 Å². The van der Waals surface area contributed by atoms with Crippen molar-refractivity contribution in [1.82, 2.24) is 9.62 Å². The van der Waals surface area contributed by atoms with Gasteiger partial charge in [-0.05, 0) is 36.7 Å². The first kappa shape index (κ1) is 18.4. The van der Waals surface area contributed by atoms with Crippen LogP contribution in [0.15, 0.2) is 23.1 Å². The van der Waals surface area contributed by atoms with E-state index in [2.05, 4.69) is 12.2 Å². The number of nitrogens with zero attached hydrogens (tertiary/aromatic N) is 1. The Hall–Kier alpha value is -0.620. The predicted octanol–water partition coefficient (Wildman–Crippen LogP) is 3.26. The Bertz CT molecular complexity index is 547. The van der Waals surface area contributed by atoms with Gasteiger partial charge in [0.2, 0.25) is 10.0 Å². The molecule has 120 valence electrons. The summed E-state index contributed by atoms with van der Waals surface area (Å²) in [5.74, 6) is 0. The highest BCUT2D eigenvalue weighted by Gasteiger charge is 2.23. The van der Waals surface area contributed by atoms with Crippen LogP contribution >= 0.6 is 11.6 Å². The normalized spacial score (nSPS) is 12.0. The van der Waals surface area contributed by atoms with Crippen LogP contribution in [0.1, 0.15) is 39.2 Å². The van der Waals surface area contributed by atoms with Crippen molar-refractivity contribution in [3.05, 3.63) is 28.8 Å². The van der Waals surface area contributed by atoms with Crippen LogP contribution in [0.5, 0.6) is 0 Å². The van der Waals surface area contributed by atoms with Crippen LogP contribution in [0, 0.1) is 0 Å². The van der Waals surface area contributed by atoms with E-state index in [0.29, 0.717) is 29.6 Å². The molecule has 1 aromatic carbocycles. The largest absolute Gasteiger partial charge is 0.313 e. The molecule has 0 bridgehead atoms. The van der Waals surface area contributed by atoms with E-state index in [1.54, 1.807) is 18.2 Å². The van der Waals surface area contributed by atoms with Crippen molar-refractivity contribution >= 4 is 21.6 Å². The predicted molar refractivity (Wildman–Crippen MR) is 88.2 cm³/mol. The molecule has 0 amide bonds. The molecule has 0 saturated carbocycles. The smallest absolute Gasteiger partial charge is 0.243 e. The summed E-state index contributed by atoms with van der Waals surface area (Å²) in [5.41, 5.74) is 0.811. The summed E-state index contributed by atoms with van der Waals surface area (Å²) in [5, 5.41) is 3.76. The van der Waals surface area contributed by atoms with Crippen LogP contribution in [-0.2, 0) is 16.6 Å². The second-order valence-corrected chi connectivity index (χ2v) is 7.23. The third kappa shape index (κ3) is 4.95. The molecule has 0 aliphatic heterocycles. The second-order valence-electron chi connectivity index (χ2n) is 4.88. The van der Waals surface area contributed by atoms with Crippen LogP contribution in [-0.4, -0.2) is 32.4 Å². The van der Waals surface area contributed by atoms with Gasteiger partial charge in [-0.2, -0.15) is 4.31 Å². The Labute approximate surface area is 133 Å². The number of benzene rings is 1. The minimum atomic E-state index is -3.44. The zero-order valence-electron chi connectivity index (χ0n) is 13.0. The SMILES string of the molecule is CCCCN(CC)S(=O)(=O)c1ccc(Cl)c(CNCC)c1. The fourth-order valence-corrected chi connectivity index (χ4v) is 3.76. The molecule has 1 aromatic rings. The molecule has 0 radical (unpaired) electrons. The lowest BCUT2D eigenvalue weighted by Gasteiger charge is -2.21. The highest BCUT2D eigenvalue weighted by molar-refractivity contribution is 7.89. The molecule has 0 atom stereocenters. The van der Waals surface area contributed by atoms with Gasteiger partial charge in [0.05, 0.1) is 4.90 Å². The summed E-state index contributed by atoms with van der Waals surface area (Å²) >= 11 is 6.13. The first-order valence-corrected chi connectivity index (χ1v) is 9.28. The van der Waals surface area contributed by atoms with Gasteiger partial charge >= 0.3 is 0 Å². The third-order valence-electron chi connectivity index (χ3n) is 3.33. The van der Waals surface area contributed by atoms with E-state index in [-0.39, 0.29) is 0 Å². The van der Waals surface area contributed by atoms with E-state index >= 15 is 0 Å². The summed E-state index contributed by atoms with van der Waals surface area (Å²) in [6.07, 6.45) is 1.84. The maximum Gasteiger partial charge on any atom is 0.243 e. The lowest BCUT2D eigenvalue weighted by atomic mass is 10.2. The number of hydrogen-bond acceptors (Lipinski definition) is 3. The number of nitrogens with one attached hydrogen (secondary N) is 1. The molecule has 21 heavy (non-hydrogen) atoms. The molecule has 0 aromatic heterocycles. The summed E-state index contributed by atoms with van der Waals surface area (Å²) < 4.78 is 26.9. The van der Waals surface area contributed by atoms with Crippen LogP contribution in [0.25, 0.3) is 0 Å². The minimum Gasteiger partial charge on any atom is -0.313 e. The van der Waals surface area contributed by atoms with Gasteiger partial charge < -0.3 is 5.32 Å². The molecule has 4 nitrogen and oxygen atoms in total. The van der Waals surface area contributed by atoms with Crippen LogP contribution in [0.4, 0.5) is 0 Å². The van der Waals surface area contributed by atoms with Gasteiger partial charge in [-0.3, -0.25) is 0 Å². The number of sulfonamides is 1. The topological polar surface area (TPSA) is 49.4 Å². The van der Waals surface area contributed by atoms with Crippen molar-refractivity contribution in [2.75, 3.05) is 19.6 Å². The number of rotatable bonds is 9. The van der Waals surface area contributed by atoms with Gasteiger partial charge in [-0.15, -0.1) is 0 Å². The van der Waals surface area contributed by atoms with E-state index in [1.807, 2.05) is 13.8 Å². The molecule has 1 N–H and O–H groups in total. The first-order valence-electron chi connectivity index (χ1n) is 7.46. The van der Waals surface area contributed by atoms with Crippen molar-refractivity contribution in [3.8, 4) is 0 Å². The highest BCUT2D eigenvalue weighted by atomic mass is 35.5. The molecule has 0 aliphatic rings. The Morgan fingerprint density at radius 1 is 1.24 bits per heavy atom. The van der Waals surface area contributed by atoms with Crippen molar-refractivity contribution in [1.29, 1.82) is 0 Å². The Balaban J connectivity index is 3.06. The Morgan fingerprint density at radius 3 is 2.52 bits per heavy atom. The van der Waals surface area contributed by atoms with Gasteiger partial charge in [0.25, 0.3) is 0 Å². The third-order valence-corrected chi connectivity index (χ3v) is 5.67. The molecule has 0 aliphatic carbocycles. The molecule has 0 saturated heterocycles. The lowest BCUT2D eigenvalue weighted by molar-refractivity contribution is 0.419. The van der Waals surface area contributed by atoms with Gasteiger partial charge in [0.1, 0.15) is 0 Å². The standard InChI is InChI=1S/C15H25ClN2O2S/c1-4-7-10-18(6-3)21(19,20)14-8-9-15(16)13(11-14)12-17-5-2/h8-9,11,17H,4-7,10,12H2,1-3H3. The monoisotopic (exact) mass is 332 g/mol. The molecule has 0 fully saturated rings. The van der Waals surface area contributed by atoms with Gasteiger partial charge in [0.15, 0.2) is 0 Å². The average molecular weight is 333 g/mol. The van der Waals surface area contributed by atoms with Crippen molar-refractivity contribution in [2.24, 2.45) is 0 Å². The Kier molecular flexibility index (Phi) is 7.66. The molecule has 0 spiro atoms. The molecular formula is C15H25ClN2O2S. The maximum absolute atomic E-state index is 12.7. The minimum absolute atomic E-state index is 0.317. The van der Waals surface area contributed by atoms with Gasteiger partial charge in [-0.1, -0.05) is 38.8 Å². The lowest BCUT2D eigenvalue weighted by Crippen LogP contribution is -2.32. The summed E-state index contributed by atoms with van der Waals surface area (Å²) in [4.78, 5) is 0.317. The van der Waals surface area contributed by atoms with E-state index in [0.717, 1.165) is 24.9 Å². The van der Waals surface area contributed by atoms with E-state index in [1.165, 1.54) is 4.31 Å². The highest BCUT2D eigenvalue weighted by Crippen LogP contribution is 2.23. The molecule has 0 heterocycles. The van der Waals surface area contributed by atoms with E-state index in [9.17, 15) is 8.42 Å². The molecular weight excluding hydrogens is 308 g/mol. The van der Waals surface area contributed by atoms with Crippen LogP contribution in [0.3, 0.4) is 0 Å². The summed E-state index contributed by atoms with van der Waals surface area (Å²) in [6.45, 7) is 8.33. The summed E-state index contributed by atoms with van der Waals surface area (Å²) in [6, 6.07) is 4.92. The van der Waals surface area contributed by atoms with Crippen molar-refractivity contribution < 1.29 is 8.42 Å². The molecule has 6 heteroatoms. The average Bonchev–Trinajstić information content (AvgIpc) is 2.46. The zero-order valence-corrected chi connectivity index (χ0v) is 14.6. The van der Waals surface area contributed by atoms with E-state index in [4.69, 9.17) is 11.6 Å². The molecule has 0 unspecified atom stereocenters. The molecule has 1 rings (SSSR count). The van der Waals surface area contributed by atoms with Crippen LogP contribution in [0.2, 0.25) is 5.02 Å². The zero-order chi connectivity index (χ0) is 15.9. The summed E-state index contributed by atoms with van der Waals surface area (Å²) in [7, 11) is -3.44.